The molecule has 4 aromatic rings. The van der Waals surface area contributed by atoms with Gasteiger partial charge < -0.3 is 93.7 Å². The van der Waals surface area contributed by atoms with Crippen LogP contribution in [0.1, 0.15) is 11.7 Å². The molecule has 11 N–H and O–H groups in total. The van der Waals surface area contributed by atoms with Crippen LogP contribution in [0.4, 0.5) is 0 Å². The molecule has 0 radical (unpaired) electrons. The van der Waals surface area contributed by atoms with Crippen molar-refractivity contribution in [2.45, 2.75) is 73.6 Å². The second-order valence-corrected chi connectivity index (χ2v) is 13.6. The first-order valence-corrected chi connectivity index (χ1v) is 17.5. The lowest BCUT2D eigenvalue weighted by Gasteiger charge is -2.46. The van der Waals surface area contributed by atoms with Gasteiger partial charge in [-0.05, 0) is 30.3 Å². The number of hydrogen-bond acceptors (Lipinski definition) is 20. The molecule has 308 valence electrons. The van der Waals surface area contributed by atoms with Crippen molar-refractivity contribution in [3.05, 3.63) is 64.3 Å². The highest BCUT2D eigenvalue weighted by molar-refractivity contribution is 5.88. The molecular formula is C37H40O20. The lowest BCUT2D eigenvalue weighted by molar-refractivity contribution is -0.361. The van der Waals surface area contributed by atoms with Crippen molar-refractivity contribution < 1.29 is 93.7 Å². The van der Waals surface area contributed by atoms with Gasteiger partial charge in [0.05, 0.1) is 26.9 Å². The SMILES string of the molecule is COc1cc([C@@H]2Oc3cc(-c4oc5cc(O)cc(O)c5c(=O)c4O)ccc3O[C@H]2CO[C@@H]2O[C@H](CO)[C@H](O)[C@H](O[C@H]3O[C@H](CO)[C@@H](O)[C@H](O)[C@H]3O)[C@H]2O)ccc1O. The molecule has 20 heteroatoms. The number of fused-ring (bicyclic) bond motifs is 2. The zero-order valence-electron chi connectivity index (χ0n) is 29.8. The summed E-state index contributed by atoms with van der Waals surface area (Å²) >= 11 is 0. The van der Waals surface area contributed by atoms with E-state index in [-0.39, 0.29) is 45.3 Å². The van der Waals surface area contributed by atoms with E-state index < -0.39 is 116 Å². The number of aromatic hydroxyl groups is 4. The van der Waals surface area contributed by atoms with Crippen molar-refractivity contribution in [1.82, 2.24) is 0 Å². The van der Waals surface area contributed by atoms with Crippen LogP contribution in [0.3, 0.4) is 0 Å². The Hall–Kier alpha value is -4.97. The highest BCUT2D eigenvalue weighted by atomic mass is 16.7. The number of methoxy groups -OCH3 is 1. The van der Waals surface area contributed by atoms with Crippen LogP contribution in [0.5, 0.6) is 40.2 Å². The van der Waals surface area contributed by atoms with Crippen molar-refractivity contribution >= 4 is 11.0 Å². The minimum absolute atomic E-state index is 0.0728. The first-order chi connectivity index (χ1) is 27.2. The maximum absolute atomic E-state index is 13.0. The average Bonchev–Trinajstić information content (AvgIpc) is 3.19. The van der Waals surface area contributed by atoms with E-state index in [1.54, 1.807) is 0 Å². The predicted octanol–water partition coefficient (Wildman–Crippen LogP) is -1.19. The van der Waals surface area contributed by atoms with Gasteiger partial charge in [-0.25, -0.2) is 0 Å². The summed E-state index contributed by atoms with van der Waals surface area (Å²) in [5.74, 6) is -2.06. The van der Waals surface area contributed by atoms with Crippen LogP contribution in [0, 0.1) is 0 Å². The third kappa shape index (κ3) is 7.48. The summed E-state index contributed by atoms with van der Waals surface area (Å²) in [7, 11) is 1.33. The summed E-state index contributed by atoms with van der Waals surface area (Å²) < 4.78 is 46.3. The van der Waals surface area contributed by atoms with Crippen LogP contribution in [0.2, 0.25) is 0 Å². The molecule has 3 aromatic carbocycles. The van der Waals surface area contributed by atoms with E-state index in [1.165, 1.54) is 43.5 Å². The van der Waals surface area contributed by atoms with Crippen molar-refractivity contribution in [3.8, 4) is 51.6 Å². The maximum atomic E-state index is 13.0. The average molecular weight is 805 g/mol. The fraction of sp³-hybridized carbons (Fsp3) is 0.432. The van der Waals surface area contributed by atoms with Gasteiger partial charge in [0.2, 0.25) is 11.2 Å². The third-order valence-corrected chi connectivity index (χ3v) is 9.93. The minimum Gasteiger partial charge on any atom is -0.508 e. The van der Waals surface area contributed by atoms with Crippen molar-refractivity contribution in [3.63, 3.8) is 0 Å². The fourth-order valence-corrected chi connectivity index (χ4v) is 6.90. The van der Waals surface area contributed by atoms with Gasteiger partial charge in [-0.2, -0.15) is 0 Å². The Bertz CT molecular complexity index is 2140. The summed E-state index contributed by atoms with van der Waals surface area (Å²) in [6.45, 7) is -1.98. The zero-order chi connectivity index (χ0) is 40.9. The van der Waals surface area contributed by atoms with Gasteiger partial charge in [-0.3, -0.25) is 4.79 Å². The molecule has 0 saturated carbocycles. The van der Waals surface area contributed by atoms with Gasteiger partial charge in [0.15, 0.2) is 53.5 Å². The van der Waals surface area contributed by atoms with Gasteiger partial charge in [0.25, 0.3) is 0 Å². The lowest BCUT2D eigenvalue weighted by Crippen LogP contribution is -2.65. The molecule has 2 fully saturated rings. The smallest absolute Gasteiger partial charge is 0.238 e. The second kappa shape index (κ2) is 16.1. The molecule has 1 aromatic heterocycles. The standard InChI is InChI=1S/C37H40O20/c1-50-19-6-13(2-4-16(19)41)33-24(12-51-36-32(49)35(27(44)23(11-39)55-36)57-37-31(48)29(46)26(43)22(10-38)56-37)52-18-5-3-14(7-20(18)53-33)34-30(47)28(45)25-17(42)8-15(40)9-21(25)54-34/h2-9,22-24,26-27,29,31-33,35-44,46-49H,10-12H2,1H3/t22-,23-,24+,26-,27+,29+,31-,32-,33+,35+,36-,37-/m1/s1. The number of ether oxygens (including phenoxy) is 7. The monoisotopic (exact) mass is 804 g/mol. The van der Waals surface area contributed by atoms with E-state index in [1.807, 2.05) is 0 Å². The molecule has 4 heterocycles. The molecule has 0 aliphatic carbocycles. The normalized spacial score (nSPS) is 31.3. The first kappa shape index (κ1) is 40.2. The highest BCUT2D eigenvalue weighted by Crippen LogP contribution is 2.45. The Kier molecular flexibility index (Phi) is 11.4. The molecule has 0 spiro atoms. The lowest BCUT2D eigenvalue weighted by atomic mass is 9.97. The van der Waals surface area contributed by atoms with E-state index in [4.69, 9.17) is 37.6 Å². The summed E-state index contributed by atoms with van der Waals surface area (Å²) in [5, 5.41) is 114. The number of aliphatic hydroxyl groups is 7. The van der Waals surface area contributed by atoms with Gasteiger partial charge in [-0.15, -0.1) is 0 Å². The molecule has 2 saturated heterocycles. The fourth-order valence-electron chi connectivity index (χ4n) is 6.90. The molecule has 20 nitrogen and oxygen atoms in total. The van der Waals surface area contributed by atoms with Crippen molar-refractivity contribution in [2.75, 3.05) is 26.9 Å². The topological polar surface area (TPSA) is 317 Å². The maximum Gasteiger partial charge on any atom is 0.238 e. The molecule has 3 aliphatic rings. The van der Waals surface area contributed by atoms with Gasteiger partial charge in [-0.1, -0.05) is 6.07 Å². The molecule has 3 aliphatic heterocycles. The first-order valence-electron chi connectivity index (χ1n) is 17.5. The summed E-state index contributed by atoms with van der Waals surface area (Å²) in [6, 6.07) is 10.6. The van der Waals surface area contributed by atoms with Crippen LogP contribution in [0.25, 0.3) is 22.3 Å². The number of phenols is 3. The van der Waals surface area contributed by atoms with Crippen LogP contribution >= 0.6 is 0 Å². The molecule has 12 atom stereocenters. The molecule has 0 amide bonds. The second-order valence-electron chi connectivity index (χ2n) is 13.6. The highest BCUT2D eigenvalue weighted by Gasteiger charge is 2.51. The van der Waals surface area contributed by atoms with E-state index in [9.17, 15) is 61.0 Å². The Morgan fingerprint density at radius 1 is 0.702 bits per heavy atom. The van der Waals surface area contributed by atoms with Crippen LogP contribution in [-0.4, -0.2) is 151 Å². The van der Waals surface area contributed by atoms with Gasteiger partial charge in [0.1, 0.15) is 71.3 Å². The Labute approximate surface area is 321 Å². The predicted molar refractivity (Wildman–Crippen MR) is 188 cm³/mol. The minimum atomic E-state index is -1.88. The van der Waals surface area contributed by atoms with Crippen LogP contribution in [-0.2, 0) is 18.9 Å². The third-order valence-electron chi connectivity index (χ3n) is 9.93. The summed E-state index contributed by atoms with van der Waals surface area (Å²) in [5.41, 5.74) is -0.659. The number of aliphatic hydroxyl groups excluding tert-OH is 7. The van der Waals surface area contributed by atoms with Crippen LogP contribution < -0.4 is 19.6 Å². The molecule has 57 heavy (non-hydrogen) atoms. The quantitative estimate of drug-likeness (QED) is 0.0898. The number of hydrogen-bond donors (Lipinski definition) is 11. The Balaban J connectivity index is 1.17. The number of benzene rings is 3. The number of rotatable bonds is 10. The van der Waals surface area contributed by atoms with E-state index in [0.717, 1.165) is 12.1 Å². The Morgan fingerprint density at radius 3 is 2.14 bits per heavy atom. The van der Waals surface area contributed by atoms with Crippen molar-refractivity contribution in [1.29, 1.82) is 0 Å². The summed E-state index contributed by atoms with van der Waals surface area (Å²) in [6.07, 6.45) is -19.0. The molecular weight excluding hydrogens is 764 g/mol. The largest absolute Gasteiger partial charge is 0.508 e. The van der Waals surface area contributed by atoms with Crippen LogP contribution in [0.15, 0.2) is 57.7 Å². The van der Waals surface area contributed by atoms with Gasteiger partial charge in [0, 0.05) is 23.3 Å². The molecule has 0 bridgehead atoms. The van der Waals surface area contributed by atoms with Crippen molar-refractivity contribution in [2.24, 2.45) is 0 Å². The number of phenolic OH excluding ortho intramolecular Hbond substituents is 3. The summed E-state index contributed by atoms with van der Waals surface area (Å²) in [4.78, 5) is 13.0. The van der Waals surface area contributed by atoms with Gasteiger partial charge >= 0.3 is 0 Å². The van der Waals surface area contributed by atoms with E-state index in [0.29, 0.717) is 5.56 Å². The Morgan fingerprint density at radius 2 is 1.42 bits per heavy atom. The zero-order valence-corrected chi connectivity index (χ0v) is 29.8. The molecule has 0 unspecified atom stereocenters. The van der Waals surface area contributed by atoms with E-state index in [2.05, 4.69) is 0 Å². The van der Waals surface area contributed by atoms with E-state index >= 15 is 0 Å². The molecule has 7 rings (SSSR count).